The van der Waals surface area contributed by atoms with E-state index in [-0.39, 0.29) is 32.5 Å². The van der Waals surface area contributed by atoms with E-state index < -0.39 is 34.3 Å². The number of ether oxygens (including phenoxy) is 1. The number of aryl methyl sites for hydroxylation is 1. The minimum Gasteiger partial charge on any atom is -0.452 e. The Bertz CT molecular complexity index is 1290. The molecule has 3 rings (SSSR count). The van der Waals surface area contributed by atoms with Crippen molar-refractivity contribution >= 4 is 39.2 Å². The lowest BCUT2D eigenvalue weighted by Gasteiger charge is -2.12. The van der Waals surface area contributed by atoms with Gasteiger partial charge in [0.05, 0.1) is 15.5 Å². The fraction of sp³-hybridized carbons (Fsp3) is 0.190. The van der Waals surface area contributed by atoms with Crippen LogP contribution in [0, 0.1) is 12.7 Å². The lowest BCUT2D eigenvalue weighted by Crippen LogP contribution is -2.23. The molecule has 0 aliphatic carbocycles. The quantitative estimate of drug-likeness (QED) is 0.498. The first-order valence-electron chi connectivity index (χ1n) is 9.42. The van der Waals surface area contributed by atoms with E-state index in [1.807, 2.05) is 0 Å². The standard InChI is InChI=1S/C21H19ClFN3O6S/c1-12-18(20(25-32-12)19-15(22)5-4-6-16(19)23)21(28)31-11-17(27)24-13-7-9-14(10-8-13)33(29,30)26(2)3/h4-10H,11H2,1-3H3,(H,24,27). The fourth-order valence-corrected chi connectivity index (χ4v) is 3.98. The third-order valence-electron chi connectivity index (χ3n) is 4.52. The predicted octanol–water partition coefficient (Wildman–Crippen LogP) is 3.49. The number of carbonyl (C=O) groups is 2. The van der Waals surface area contributed by atoms with Gasteiger partial charge in [-0.2, -0.15) is 0 Å². The molecule has 0 atom stereocenters. The van der Waals surface area contributed by atoms with Crippen LogP contribution in [0.25, 0.3) is 11.3 Å². The Morgan fingerprint density at radius 2 is 1.85 bits per heavy atom. The van der Waals surface area contributed by atoms with Gasteiger partial charge in [-0.15, -0.1) is 0 Å². The highest BCUT2D eigenvalue weighted by atomic mass is 35.5. The maximum Gasteiger partial charge on any atom is 0.344 e. The average molecular weight is 496 g/mol. The molecule has 1 aromatic heterocycles. The summed E-state index contributed by atoms with van der Waals surface area (Å²) in [4.78, 5) is 24.8. The number of esters is 1. The molecule has 2 aromatic carbocycles. The van der Waals surface area contributed by atoms with E-state index in [1.165, 1.54) is 57.4 Å². The second-order valence-electron chi connectivity index (χ2n) is 7.00. The number of nitrogens with zero attached hydrogens (tertiary/aromatic N) is 2. The van der Waals surface area contributed by atoms with Gasteiger partial charge in [0.15, 0.2) is 6.61 Å². The molecule has 0 aliphatic heterocycles. The number of rotatable bonds is 7. The lowest BCUT2D eigenvalue weighted by atomic mass is 10.1. The van der Waals surface area contributed by atoms with E-state index in [4.69, 9.17) is 20.9 Å². The average Bonchev–Trinajstić information content (AvgIpc) is 3.13. The molecule has 0 unspecified atom stereocenters. The summed E-state index contributed by atoms with van der Waals surface area (Å²) < 4.78 is 49.6. The van der Waals surface area contributed by atoms with Gasteiger partial charge in [0.1, 0.15) is 22.8 Å². The fourth-order valence-electron chi connectivity index (χ4n) is 2.83. The van der Waals surface area contributed by atoms with Crippen molar-refractivity contribution in [1.29, 1.82) is 0 Å². The Hall–Kier alpha value is -3.28. The molecule has 1 heterocycles. The zero-order chi connectivity index (χ0) is 24.3. The predicted molar refractivity (Wildman–Crippen MR) is 118 cm³/mol. The molecule has 1 amide bonds. The maximum absolute atomic E-state index is 14.3. The summed E-state index contributed by atoms with van der Waals surface area (Å²) in [7, 11) is -0.796. The van der Waals surface area contributed by atoms with Crippen LogP contribution in [0.4, 0.5) is 10.1 Å². The molecule has 1 N–H and O–H groups in total. The van der Waals surface area contributed by atoms with E-state index >= 15 is 0 Å². The van der Waals surface area contributed by atoms with Gasteiger partial charge in [0, 0.05) is 19.8 Å². The second kappa shape index (κ2) is 9.69. The van der Waals surface area contributed by atoms with E-state index in [0.29, 0.717) is 5.69 Å². The summed E-state index contributed by atoms with van der Waals surface area (Å²) in [5.41, 5.74) is -0.124. The Balaban J connectivity index is 1.69. The van der Waals surface area contributed by atoms with Gasteiger partial charge in [-0.3, -0.25) is 4.79 Å². The van der Waals surface area contributed by atoms with Gasteiger partial charge in [-0.05, 0) is 43.3 Å². The molecule has 0 spiro atoms. The molecule has 0 saturated carbocycles. The molecule has 0 radical (unpaired) electrons. The largest absolute Gasteiger partial charge is 0.452 e. The van der Waals surface area contributed by atoms with E-state index in [9.17, 15) is 22.4 Å². The van der Waals surface area contributed by atoms with Crippen molar-refractivity contribution in [2.45, 2.75) is 11.8 Å². The number of anilines is 1. The summed E-state index contributed by atoms with van der Waals surface area (Å²) in [6, 6.07) is 9.46. The minimum atomic E-state index is -3.61. The zero-order valence-electron chi connectivity index (χ0n) is 17.8. The van der Waals surface area contributed by atoms with Gasteiger partial charge in [0.2, 0.25) is 10.0 Å². The Labute approximate surface area is 194 Å². The third kappa shape index (κ3) is 5.21. The van der Waals surface area contributed by atoms with Crippen LogP contribution in [0.5, 0.6) is 0 Å². The molecule has 33 heavy (non-hydrogen) atoms. The molecule has 0 aliphatic rings. The van der Waals surface area contributed by atoms with Gasteiger partial charge >= 0.3 is 5.97 Å². The monoisotopic (exact) mass is 495 g/mol. The van der Waals surface area contributed by atoms with E-state index in [0.717, 1.165) is 10.4 Å². The molecule has 3 aromatic rings. The van der Waals surface area contributed by atoms with Gasteiger partial charge in [-0.25, -0.2) is 21.9 Å². The molecular weight excluding hydrogens is 477 g/mol. The smallest absolute Gasteiger partial charge is 0.344 e. The van der Waals surface area contributed by atoms with Crippen molar-refractivity contribution in [3.63, 3.8) is 0 Å². The third-order valence-corrected chi connectivity index (χ3v) is 6.66. The first-order chi connectivity index (χ1) is 15.5. The number of nitrogens with one attached hydrogen (secondary N) is 1. The molecule has 0 bridgehead atoms. The van der Waals surface area contributed by atoms with Crippen molar-refractivity contribution in [2.75, 3.05) is 26.0 Å². The van der Waals surface area contributed by atoms with Gasteiger partial charge in [0.25, 0.3) is 5.91 Å². The summed E-state index contributed by atoms with van der Waals surface area (Å²) in [6.45, 7) is 0.775. The van der Waals surface area contributed by atoms with E-state index in [1.54, 1.807) is 0 Å². The van der Waals surface area contributed by atoms with Crippen molar-refractivity contribution < 1.29 is 31.7 Å². The van der Waals surface area contributed by atoms with E-state index in [2.05, 4.69) is 10.5 Å². The highest BCUT2D eigenvalue weighted by molar-refractivity contribution is 7.89. The van der Waals surface area contributed by atoms with Gasteiger partial charge < -0.3 is 14.6 Å². The Morgan fingerprint density at radius 1 is 1.18 bits per heavy atom. The number of hydrogen-bond donors (Lipinski definition) is 1. The summed E-state index contributed by atoms with van der Waals surface area (Å²) in [5.74, 6) is -2.27. The van der Waals surface area contributed by atoms with Crippen LogP contribution in [0.3, 0.4) is 0 Å². The van der Waals surface area contributed by atoms with Crippen LogP contribution in [-0.2, 0) is 19.6 Å². The van der Waals surface area contributed by atoms with Crippen LogP contribution in [0.2, 0.25) is 5.02 Å². The molecule has 12 heteroatoms. The maximum atomic E-state index is 14.3. The summed E-state index contributed by atoms with van der Waals surface area (Å²) >= 11 is 6.05. The zero-order valence-corrected chi connectivity index (χ0v) is 19.3. The summed E-state index contributed by atoms with van der Waals surface area (Å²) in [5, 5.41) is 6.22. The number of carbonyl (C=O) groups excluding carboxylic acids is 2. The lowest BCUT2D eigenvalue weighted by molar-refractivity contribution is -0.119. The molecule has 0 fully saturated rings. The number of sulfonamides is 1. The number of benzene rings is 2. The number of hydrogen-bond acceptors (Lipinski definition) is 7. The van der Waals surface area contributed by atoms with Crippen molar-refractivity contribution in [3.8, 4) is 11.3 Å². The first kappa shape index (κ1) is 24.4. The number of halogens is 2. The minimum absolute atomic E-state index is 0.0230. The first-order valence-corrected chi connectivity index (χ1v) is 11.2. The molecule has 174 valence electrons. The van der Waals surface area contributed by atoms with Crippen molar-refractivity contribution in [2.24, 2.45) is 0 Å². The second-order valence-corrected chi connectivity index (χ2v) is 9.55. The highest BCUT2D eigenvalue weighted by Gasteiger charge is 2.27. The molecule has 0 saturated heterocycles. The van der Waals surface area contributed by atoms with Crippen LogP contribution in [0.15, 0.2) is 51.9 Å². The number of aromatic nitrogens is 1. The highest BCUT2D eigenvalue weighted by Crippen LogP contribution is 2.33. The summed E-state index contributed by atoms with van der Waals surface area (Å²) in [6.07, 6.45) is 0. The molecular formula is C21H19ClFN3O6S. The van der Waals surface area contributed by atoms with Crippen molar-refractivity contribution in [1.82, 2.24) is 9.46 Å². The Kier molecular flexibility index (Phi) is 7.15. The molecule has 9 nitrogen and oxygen atoms in total. The van der Waals surface area contributed by atoms with Crippen molar-refractivity contribution in [3.05, 3.63) is 64.6 Å². The van der Waals surface area contributed by atoms with Crippen LogP contribution in [-0.4, -0.2) is 50.5 Å². The number of amides is 1. The Morgan fingerprint density at radius 3 is 2.45 bits per heavy atom. The van der Waals surface area contributed by atoms with Crippen LogP contribution >= 0.6 is 11.6 Å². The van der Waals surface area contributed by atoms with Crippen LogP contribution in [0.1, 0.15) is 16.1 Å². The van der Waals surface area contributed by atoms with Crippen LogP contribution < -0.4 is 5.32 Å². The SMILES string of the molecule is Cc1onc(-c2c(F)cccc2Cl)c1C(=O)OCC(=O)Nc1ccc(S(=O)(=O)N(C)C)cc1. The normalized spacial score (nSPS) is 11.5. The van der Waals surface area contributed by atoms with Gasteiger partial charge in [-0.1, -0.05) is 22.8 Å². The topological polar surface area (TPSA) is 119 Å².